The first-order chi connectivity index (χ1) is 8.50. The number of likely N-dealkylation sites (tertiary alicyclic amines) is 1. The van der Waals surface area contributed by atoms with Gasteiger partial charge in [-0.1, -0.05) is 18.5 Å². The summed E-state index contributed by atoms with van der Waals surface area (Å²) in [6.45, 7) is 5.20. The summed E-state index contributed by atoms with van der Waals surface area (Å²) in [7, 11) is 0. The Morgan fingerprint density at radius 1 is 1.44 bits per heavy atom. The first-order valence-electron chi connectivity index (χ1n) is 6.26. The molecular formula is C14H17ClINO. The molecule has 2 unspecified atom stereocenters. The fourth-order valence-electron chi connectivity index (χ4n) is 2.42. The molecular weight excluding hydrogens is 361 g/mol. The lowest BCUT2D eigenvalue weighted by molar-refractivity contribution is 0.0551. The van der Waals surface area contributed by atoms with Gasteiger partial charge in [-0.05, 0) is 66.5 Å². The summed E-state index contributed by atoms with van der Waals surface area (Å²) in [5, 5.41) is 0.652. The molecule has 98 valence electrons. The van der Waals surface area contributed by atoms with Gasteiger partial charge in [0.1, 0.15) is 0 Å². The monoisotopic (exact) mass is 377 g/mol. The van der Waals surface area contributed by atoms with Crippen LogP contribution >= 0.6 is 34.2 Å². The van der Waals surface area contributed by atoms with Crippen LogP contribution in [0.25, 0.3) is 0 Å². The second kappa shape index (κ2) is 5.78. The van der Waals surface area contributed by atoms with Gasteiger partial charge in [0.15, 0.2) is 0 Å². The number of benzene rings is 1. The summed E-state index contributed by atoms with van der Waals surface area (Å²) in [5.41, 5.74) is 0.696. The van der Waals surface area contributed by atoms with E-state index in [0.29, 0.717) is 22.5 Å². The molecule has 18 heavy (non-hydrogen) atoms. The Bertz CT molecular complexity index is 463. The molecule has 2 atom stereocenters. The van der Waals surface area contributed by atoms with Crippen molar-refractivity contribution in [3.63, 3.8) is 0 Å². The van der Waals surface area contributed by atoms with Crippen LogP contribution in [0.4, 0.5) is 0 Å². The number of hydrogen-bond donors (Lipinski definition) is 0. The maximum atomic E-state index is 12.5. The summed E-state index contributed by atoms with van der Waals surface area (Å²) in [6.07, 6.45) is 2.30. The zero-order chi connectivity index (χ0) is 13.3. The van der Waals surface area contributed by atoms with Gasteiger partial charge in [-0.2, -0.15) is 0 Å². The summed E-state index contributed by atoms with van der Waals surface area (Å²) in [5.74, 6) is 0.675. The number of carbonyl (C=O) groups excluding carboxylic acids is 1. The average Bonchev–Trinajstić information content (AvgIpc) is 2.35. The Morgan fingerprint density at radius 2 is 2.17 bits per heavy atom. The Balaban J connectivity index is 2.22. The lowest BCUT2D eigenvalue weighted by atomic mass is 9.91. The van der Waals surface area contributed by atoms with E-state index in [1.807, 2.05) is 17.0 Å². The van der Waals surface area contributed by atoms with Gasteiger partial charge in [0.25, 0.3) is 5.91 Å². The molecule has 0 bridgehead atoms. The third-order valence-corrected chi connectivity index (χ3v) is 5.37. The molecule has 1 saturated heterocycles. The average molecular weight is 378 g/mol. The van der Waals surface area contributed by atoms with Gasteiger partial charge in [-0.25, -0.2) is 0 Å². The van der Waals surface area contributed by atoms with E-state index in [4.69, 9.17) is 11.6 Å². The first-order valence-corrected chi connectivity index (χ1v) is 7.72. The quantitative estimate of drug-likeness (QED) is 0.672. The molecule has 1 aliphatic heterocycles. The van der Waals surface area contributed by atoms with E-state index in [1.165, 1.54) is 6.42 Å². The van der Waals surface area contributed by atoms with Crippen molar-refractivity contribution in [1.29, 1.82) is 0 Å². The highest BCUT2D eigenvalue weighted by Crippen LogP contribution is 2.26. The lowest BCUT2D eigenvalue weighted by Gasteiger charge is -2.38. The highest BCUT2D eigenvalue weighted by Gasteiger charge is 2.29. The molecule has 1 heterocycles. The molecule has 1 aromatic rings. The standard InChI is InChI=1S/C14H17ClINO/c1-9-4-3-7-17(10(9)2)14(18)11-5-6-13(16)12(15)8-11/h5-6,8-10H,3-4,7H2,1-2H3. The smallest absolute Gasteiger partial charge is 0.254 e. The third kappa shape index (κ3) is 2.82. The molecule has 0 spiro atoms. The molecule has 2 nitrogen and oxygen atoms in total. The van der Waals surface area contributed by atoms with Crippen LogP contribution in [0.5, 0.6) is 0 Å². The van der Waals surface area contributed by atoms with Gasteiger partial charge in [0, 0.05) is 21.7 Å². The molecule has 0 aliphatic carbocycles. The zero-order valence-corrected chi connectivity index (χ0v) is 13.5. The first kappa shape index (κ1) is 14.1. The second-order valence-electron chi connectivity index (χ2n) is 4.99. The van der Waals surface area contributed by atoms with Crippen molar-refractivity contribution in [3.8, 4) is 0 Å². The number of amides is 1. The highest BCUT2D eigenvalue weighted by molar-refractivity contribution is 14.1. The van der Waals surface area contributed by atoms with Crippen molar-refractivity contribution < 1.29 is 4.79 Å². The van der Waals surface area contributed by atoms with E-state index in [9.17, 15) is 4.79 Å². The molecule has 1 amide bonds. The summed E-state index contributed by atoms with van der Waals surface area (Å²) in [4.78, 5) is 14.5. The van der Waals surface area contributed by atoms with Crippen LogP contribution in [-0.2, 0) is 0 Å². The summed E-state index contributed by atoms with van der Waals surface area (Å²) < 4.78 is 0.978. The van der Waals surface area contributed by atoms with Crippen LogP contribution < -0.4 is 0 Å². The minimum Gasteiger partial charge on any atom is -0.336 e. The minimum absolute atomic E-state index is 0.104. The van der Waals surface area contributed by atoms with Crippen LogP contribution in [-0.4, -0.2) is 23.4 Å². The summed E-state index contributed by atoms with van der Waals surface area (Å²) >= 11 is 8.25. The van der Waals surface area contributed by atoms with Crippen LogP contribution in [0.2, 0.25) is 5.02 Å². The van der Waals surface area contributed by atoms with Crippen molar-refractivity contribution in [3.05, 3.63) is 32.4 Å². The van der Waals surface area contributed by atoms with Gasteiger partial charge in [-0.3, -0.25) is 4.79 Å². The highest BCUT2D eigenvalue weighted by atomic mass is 127. The number of hydrogen-bond acceptors (Lipinski definition) is 1. The minimum atomic E-state index is 0.104. The molecule has 1 fully saturated rings. The second-order valence-corrected chi connectivity index (χ2v) is 6.56. The van der Waals surface area contributed by atoms with E-state index in [2.05, 4.69) is 36.4 Å². The molecule has 4 heteroatoms. The van der Waals surface area contributed by atoms with E-state index in [0.717, 1.165) is 16.5 Å². The van der Waals surface area contributed by atoms with Gasteiger partial charge in [0.2, 0.25) is 0 Å². The zero-order valence-electron chi connectivity index (χ0n) is 10.6. The maximum Gasteiger partial charge on any atom is 0.254 e. The summed E-state index contributed by atoms with van der Waals surface area (Å²) in [6, 6.07) is 5.85. The maximum absolute atomic E-state index is 12.5. The number of rotatable bonds is 1. The normalized spacial score (nSPS) is 24.1. The molecule has 1 aromatic carbocycles. The van der Waals surface area contributed by atoms with Gasteiger partial charge in [-0.15, -0.1) is 0 Å². The van der Waals surface area contributed by atoms with E-state index in [-0.39, 0.29) is 5.91 Å². The van der Waals surface area contributed by atoms with Gasteiger partial charge in [0.05, 0.1) is 5.02 Å². The molecule has 0 radical (unpaired) electrons. The molecule has 0 N–H and O–H groups in total. The van der Waals surface area contributed by atoms with Crippen molar-refractivity contribution in [1.82, 2.24) is 4.90 Å². The van der Waals surface area contributed by atoms with Crippen LogP contribution in [0.15, 0.2) is 18.2 Å². The number of nitrogens with zero attached hydrogens (tertiary/aromatic N) is 1. The van der Waals surface area contributed by atoms with Gasteiger partial charge >= 0.3 is 0 Å². The predicted molar refractivity (Wildman–Crippen MR) is 83.1 cm³/mol. The van der Waals surface area contributed by atoms with Crippen molar-refractivity contribution in [2.75, 3.05) is 6.54 Å². The predicted octanol–water partition coefficient (Wildman–Crippen LogP) is 4.21. The van der Waals surface area contributed by atoms with Crippen molar-refractivity contribution in [2.24, 2.45) is 5.92 Å². The molecule has 2 rings (SSSR count). The number of halogens is 2. The SMILES string of the molecule is CC1CCCN(C(=O)c2ccc(I)c(Cl)c2)C1C. The van der Waals surface area contributed by atoms with E-state index < -0.39 is 0 Å². The Kier molecular flexibility index (Phi) is 4.54. The van der Waals surface area contributed by atoms with Crippen molar-refractivity contribution >= 4 is 40.1 Å². The van der Waals surface area contributed by atoms with E-state index in [1.54, 1.807) is 6.07 Å². The van der Waals surface area contributed by atoms with Crippen molar-refractivity contribution in [2.45, 2.75) is 32.7 Å². The lowest BCUT2D eigenvalue weighted by Crippen LogP contribution is -2.46. The Labute approximate surface area is 127 Å². The molecule has 1 aliphatic rings. The van der Waals surface area contributed by atoms with Crippen LogP contribution in [0.3, 0.4) is 0 Å². The largest absolute Gasteiger partial charge is 0.336 e. The van der Waals surface area contributed by atoms with Crippen LogP contribution in [0, 0.1) is 9.49 Å². The topological polar surface area (TPSA) is 20.3 Å². The third-order valence-electron chi connectivity index (χ3n) is 3.80. The Hall–Kier alpha value is -0.290. The van der Waals surface area contributed by atoms with Crippen LogP contribution in [0.1, 0.15) is 37.0 Å². The number of carbonyl (C=O) groups is 1. The van der Waals surface area contributed by atoms with E-state index >= 15 is 0 Å². The fraction of sp³-hybridized carbons (Fsp3) is 0.500. The molecule has 0 aromatic heterocycles. The molecule has 0 saturated carbocycles. The Morgan fingerprint density at radius 3 is 2.83 bits per heavy atom. The van der Waals surface area contributed by atoms with Gasteiger partial charge < -0.3 is 4.90 Å². The number of piperidine rings is 1. The fourth-order valence-corrected chi connectivity index (χ4v) is 2.93.